The quantitative estimate of drug-likeness (QED) is 0.583. The van der Waals surface area contributed by atoms with Crippen LogP contribution in [0.25, 0.3) is 0 Å². The maximum atomic E-state index is 5.95. The summed E-state index contributed by atoms with van der Waals surface area (Å²) in [5.74, 6) is 0. The molecule has 15 heavy (non-hydrogen) atoms. The van der Waals surface area contributed by atoms with Crippen molar-refractivity contribution < 1.29 is 0 Å². The molecule has 0 aromatic heterocycles. The molecule has 2 aromatic carbocycles. The Morgan fingerprint density at radius 3 is 2.53 bits per heavy atom. The van der Waals surface area contributed by atoms with Crippen LogP contribution >= 0.6 is 11.6 Å². The molecule has 0 aliphatic carbocycles. The van der Waals surface area contributed by atoms with Crippen molar-refractivity contribution in [3.63, 3.8) is 0 Å². The zero-order chi connectivity index (χ0) is 10.3. The van der Waals surface area contributed by atoms with Crippen molar-refractivity contribution in [2.75, 3.05) is 0 Å². The topological polar surface area (TPSA) is 12.4 Å². The predicted molar refractivity (Wildman–Crippen MR) is 63.2 cm³/mol. The highest BCUT2D eigenvalue weighted by Gasteiger charge is 2.19. The Bertz CT molecular complexity index is 544. The molecular formula is C13H8ClN. The molecule has 1 aliphatic heterocycles. The third-order valence-electron chi connectivity index (χ3n) is 2.49. The van der Waals surface area contributed by atoms with E-state index in [0.29, 0.717) is 0 Å². The van der Waals surface area contributed by atoms with Gasteiger partial charge in [0.2, 0.25) is 0 Å². The molecule has 1 nitrogen and oxygen atoms in total. The smallest absolute Gasteiger partial charge is 0.0804 e. The highest BCUT2D eigenvalue weighted by atomic mass is 35.5. The van der Waals surface area contributed by atoms with Crippen LogP contribution in [0.3, 0.4) is 0 Å². The van der Waals surface area contributed by atoms with E-state index in [0.717, 1.165) is 27.5 Å². The maximum absolute atomic E-state index is 5.95. The fourth-order valence-electron chi connectivity index (χ4n) is 1.74. The summed E-state index contributed by atoms with van der Waals surface area (Å²) in [4.78, 5) is 4.45. The maximum Gasteiger partial charge on any atom is 0.0804 e. The standard InChI is InChI=1S/C13H8ClN/c14-10-6-7-12-11(8-10)13(15-12)9-4-2-1-3-5-9/h1-8H. The molecule has 2 aromatic rings. The number of hydrogen-bond donors (Lipinski definition) is 0. The van der Waals surface area contributed by atoms with E-state index in [1.165, 1.54) is 0 Å². The first kappa shape index (κ1) is 8.69. The van der Waals surface area contributed by atoms with E-state index in [2.05, 4.69) is 17.1 Å². The Hall–Kier alpha value is -1.60. The lowest BCUT2D eigenvalue weighted by molar-refractivity contribution is 1.39. The van der Waals surface area contributed by atoms with Crippen LogP contribution in [-0.2, 0) is 0 Å². The summed E-state index contributed by atoms with van der Waals surface area (Å²) in [6, 6.07) is 15.9. The van der Waals surface area contributed by atoms with Crippen molar-refractivity contribution >= 4 is 23.0 Å². The molecular weight excluding hydrogens is 206 g/mol. The molecule has 0 unspecified atom stereocenters. The number of benzene rings is 2. The first-order valence-electron chi connectivity index (χ1n) is 4.78. The number of fused-ring (bicyclic) bond motifs is 1. The van der Waals surface area contributed by atoms with Gasteiger partial charge in [-0.05, 0) is 18.2 Å². The third kappa shape index (κ3) is 1.36. The van der Waals surface area contributed by atoms with Gasteiger partial charge in [-0.25, -0.2) is 4.99 Å². The summed E-state index contributed by atoms with van der Waals surface area (Å²) in [6.45, 7) is 0. The molecule has 0 saturated carbocycles. The van der Waals surface area contributed by atoms with Crippen LogP contribution in [0.4, 0.5) is 5.69 Å². The van der Waals surface area contributed by atoms with Crippen molar-refractivity contribution in [3.8, 4) is 0 Å². The molecule has 1 heterocycles. The molecule has 0 saturated heterocycles. The van der Waals surface area contributed by atoms with Gasteiger partial charge in [0.05, 0.1) is 11.4 Å². The van der Waals surface area contributed by atoms with Crippen LogP contribution in [0.1, 0.15) is 11.1 Å². The van der Waals surface area contributed by atoms with Crippen molar-refractivity contribution in [2.24, 2.45) is 4.99 Å². The Morgan fingerprint density at radius 2 is 1.73 bits per heavy atom. The minimum absolute atomic E-state index is 0.761. The van der Waals surface area contributed by atoms with Gasteiger partial charge in [-0.15, -0.1) is 0 Å². The van der Waals surface area contributed by atoms with E-state index < -0.39 is 0 Å². The molecule has 72 valence electrons. The van der Waals surface area contributed by atoms with Gasteiger partial charge in [-0.1, -0.05) is 41.9 Å². The Labute approximate surface area is 93.0 Å². The molecule has 1 aliphatic rings. The lowest BCUT2D eigenvalue weighted by Crippen LogP contribution is -2.10. The fourth-order valence-corrected chi connectivity index (χ4v) is 1.91. The minimum atomic E-state index is 0.761. The highest BCUT2D eigenvalue weighted by Crippen LogP contribution is 2.34. The Morgan fingerprint density at radius 1 is 0.933 bits per heavy atom. The van der Waals surface area contributed by atoms with Crippen molar-refractivity contribution in [3.05, 3.63) is 64.7 Å². The van der Waals surface area contributed by atoms with E-state index in [1.54, 1.807) is 0 Å². The number of nitrogens with zero attached hydrogens (tertiary/aromatic N) is 1. The molecule has 0 N–H and O–H groups in total. The normalized spacial score (nSPS) is 12.7. The second kappa shape index (κ2) is 3.21. The number of rotatable bonds is 1. The number of halogens is 1. The van der Waals surface area contributed by atoms with E-state index in [4.69, 9.17) is 11.6 Å². The van der Waals surface area contributed by atoms with Gasteiger partial charge in [-0.3, -0.25) is 0 Å². The first-order chi connectivity index (χ1) is 7.34. The highest BCUT2D eigenvalue weighted by molar-refractivity contribution is 6.32. The summed E-state index contributed by atoms with van der Waals surface area (Å²) in [6.07, 6.45) is 0. The van der Waals surface area contributed by atoms with Gasteiger partial charge in [0, 0.05) is 16.1 Å². The van der Waals surface area contributed by atoms with Gasteiger partial charge in [0.1, 0.15) is 0 Å². The largest absolute Gasteiger partial charge is 0.247 e. The molecule has 0 atom stereocenters. The number of hydrogen-bond acceptors (Lipinski definition) is 1. The summed E-state index contributed by atoms with van der Waals surface area (Å²) in [7, 11) is 0. The molecule has 0 radical (unpaired) electrons. The van der Waals surface area contributed by atoms with Crippen LogP contribution in [0.2, 0.25) is 5.02 Å². The van der Waals surface area contributed by atoms with Gasteiger partial charge in [-0.2, -0.15) is 0 Å². The first-order valence-corrected chi connectivity index (χ1v) is 5.16. The van der Waals surface area contributed by atoms with Crippen molar-refractivity contribution in [1.82, 2.24) is 0 Å². The molecule has 0 bridgehead atoms. The van der Waals surface area contributed by atoms with Crippen LogP contribution in [0.5, 0.6) is 0 Å². The van der Waals surface area contributed by atoms with Crippen molar-refractivity contribution in [2.45, 2.75) is 0 Å². The lowest BCUT2D eigenvalue weighted by atomic mass is 9.96. The zero-order valence-corrected chi connectivity index (χ0v) is 8.70. The van der Waals surface area contributed by atoms with E-state index in [-0.39, 0.29) is 0 Å². The summed E-state index contributed by atoms with van der Waals surface area (Å²) in [5.41, 5.74) is 4.35. The average molecular weight is 214 g/mol. The van der Waals surface area contributed by atoms with Crippen LogP contribution < -0.4 is 0 Å². The van der Waals surface area contributed by atoms with E-state index in [1.807, 2.05) is 36.4 Å². The van der Waals surface area contributed by atoms with E-state index >= 15 is 0 Å². The minimum Gasteiger partial charge on any atom is -0.247 e. The second-order valence-corrected chi connectivity index (χ2v) is 3.92. The molecule has 3 rings (SSSR count). The van der Waals surface area contributed by atoms with Gasteiger partial charge in [0.25, 0.3) is 0 Å². The summed E-state index contributed by atoms with van der Waals surface area (Å²) < 4.78 is 0. The third-order valence-corrected chi connectivity index (χ3v) is 2.73. The van der Waals surface area contributed by atoms with E-state index in [9.17, 15) is 0 Å². The molecule has 0 fully saturated rings. The summed E-state index contributed by atoms with van der Waals surface area (Å²) in [5, 5.41) is 0.761. The van der Waals surface area contributed by atoms with Crippen molar-refractivity contribution in [1.29, 1.82) is 0 Å². The fraction of sp³-hybridized carbons (Fsp3) is 0. The monoisotopic (exact) mass is 213 g/mol. The molecule has 0 amide bonds. The van der Waals surface area contributed by atoms with Gasteiger partial charge in [0.15, 0.2) is 0 Å². The molecule has 0 spiro atoms. The van der Waals surface area contributed by atoms with Crippen LogP contribution in [-0.4, -0.2) is 5.71 Å². The predicted octanol–water partition coefficient (Wildman–Crippen LogP) is 3.82. The van der Waals surface area contributed by atoms with Crippen LogP contribution in [0, 0.1) is 0 Å². The lowest BCUT2D eigenvalue weighted by Gasteiger charge is -2.18. The average Bonchev–Trinajstić information content (AvgIpc) is 2.25. The molecule has 2 heteroatoms. The second-order valence-electron chi connectivity index (χ2n) is 3.49. The Balaban J connectivity index is 2.07. The van der Waals surface area contributed by atoms with Crippen LogP contribution in [0.15, 0.2) is 53.5 Å². The Kier molecular flexibility index (Phi) is 1.86. The number of aliphatic imine (C=N–C) groups is 1. The summed E-state index contributed by atoms with van der Waals surface area (Å²) >= 11 is 5.95. The van der Waals surface area contributed by atoms with Gasteiger partial charge < -0.3 is 0 Å². The zero-order valence-electron chi connectivity index (χ0n) is 7.94. The SMILES string of the molecule is Clc1ccc2c(c1)C(c1ccccc1)=N2. The van der Waals surface area contributed by atoms with Gasteiger partial charge >= 0.3 is 0 Å².